The Kier molecular flexibility index (Phi) is 7.80. The van der Waals surface area contributed by atoms with Crippen molar-refractivity contribution in [1.29, 1.82) is 0 Å². The number of methoxy groups -OCH3 is 1. The minimum absolute atomic E-state index is 0.0587. The van der Waals surface area contributed by atoms with E-state index in [-0.39, 0.29) is 35.7 Å². The van der Waals surface area contributed by atoms with Gasteiger partial charge in [0.25, 0.3) is 0 Å². The highest BCUT2D eigenvalue weighted by atomic mass is 19.2. The molecule has 32 heavy (non-hydrogen) atoms. The molecule has 1 saturated carbocycles. The Morgan fingerprint density at radius 3 is 2.31 bits per heavy atom. The van der Waals surface area contributed by atoms with E-state index < -0.39 is 17.5 Å². The number of ether oxygens (including phenoxy) is 2. The molecule has 0 saturated heterocycles. The van der Waals surface area contributed by atoms with Gasteiger partial charge in [0.1, 0.15) is 18.1 Å². The van der Waals surface area contributed by atoms with Crippen LogP contribution in [0.2, 0.25) is 0 Å². The standard InChI is InChI=1S/C26H27F3O3/c1-16(31-3)14-24(27)17(2)32-15-18-4-6-19(7-5-18)22-12-13-23(26(29)25(22)28)20-8-10-21(30)11-9-20/h4-7,12-14,20-21,30H,1-2,8-11,15H2,3H3/b24-14+. The molecule has 6 heteroatoms. The lowest BCUT2D eigenvalue weighted by Crippen LogP contribution is -2.18. The summed E-state index contributed by atoms with van der Waals surface area (Å²) in [5.41, 5.74) is 1.78. The molecule has 2 aromatic rings. The summed E-state index contributed by atoms with van der Waals surface area (Å²) in [5.74, 6) is -2.50. The van der Waals surface area contributed by atoms with E-state index in [0.29, 0.717) is 42.4 Å². The lowest BCUT2D eigenvalue weighted by atomic mass is 9.82. The van der Waals surface area contributed by atoms with Crippen LogP contribution in [-0.2, 0) is 16.1 Å². The van der Waals surface area contributed by atoms with Gasteiger partial charge in [-0.15, -0.1) is 0 Å². The zero-order chi connectivity index (χ0) is 23.3. The summed E-state index contributed by atoms with van der Waals surface area (Å²) in [6.45, 7) is 7.08. The van der Waals surface area contributed by atoms with Crippen molar-refractivity contribution in [3.05, 3.63) is 95.7 Å². The van der Waals surface area contributed by atoms with E-state index >= 15 is 0 Å². The van der Waals surface area contributed by atoms with Crippen molar-refractivity contribution in [3.63, 3.8) is 0 Å². The predicted molar refractivity (Wildman–Crippen MR) is 118 cm³/mol. The second-order valence-electron chi connectivity index (χ2n) is 7.91. The van der Waals surface area contributed by atoms with Gasteiger partial charge in [0.15, 0.2) is 17.5 Å². The Bertz CT molecular complexity index is 1000. The smallest absolute Gasteiger partial charge is 0.168 e. The topological polar surface area (TPSA) is 38.7 Å². The molecule has 1 aliphatic rings. The maximum absolute atomic E-state index is 14.8. The van der Waals surface area contributed by atoms with Crippen molar-refractivity contribution in [3.8, 4) is 11.1 Å². The van der Waals surface area contributed by atoms with E-state index in [1.54, 1.807) is 36.4 Å². The highest BCUT2D eigenvalue weighted by molar-refractivity contribution is 5.65. The van der Waals surface area contributed by atoms with Crippen LogP contribution in [0.4, 0.5) is 13.2 Å². The summed E-state index contributed by atoms with van der Waals surface area (Å²) in [7, 11) is 1.38. The van der Waals surface area contributed by atoms with Gasteiger partial charge in [0.2, 0.25) is 0 Å². The fraction of sp³-hybridized carbons (Fsp3) is 0.308. The van der Waals surface area contributed by atoms with Gasteiger partial charge >= 0.3 is 0 Å². The molecule has 3 rings (SSSR count). The molecule has 0 aliphatic heterocycles. The Morgan fingerprint density at radius 2 is 1.69 bits per heavy atom. The van der Waals surface area contributed by atoms with E-state index in [9.17, 15) is 18.3 Å². The SMILES string of the molecule is C=C(/C=C(/F)C(=C)OCc1ccc(-c2ccc(C3CCC(O)CC3)c(F)c2F)cc1)OC. The summed E-state index contributed by atoms with van der Waals surface area (Å²) in [6.07, 6.45) is 3.21. The number of hydrogen-bond acceptors (Lipinski definition) is 3. The van der Waals surface area contributed by atoms with Crippen LogP contribution in [0.15, 0.2) is 73.0 Å². The fourth-order valence-electron chi connectivity index (χ4n) is 3.79. The highest BCUT2D eigenvalue weighted by Gasteiger charge is 2.25. The minimum Gasteiger partial charge on any atom is -0.497 e. The molecule has 0 heterocycles. The first-order valence-electron chi connectivity index (χ1n) is 10.5. The molecule has 0 bridgehead atoms. The number of rotatable bonds is 8. The summed E-state index contributed by atoms with van der Waals surface area (Å²) < 4.78 is 53.6. The van der Waals surface area contributed by atoms with Crippen LogP contribution < -0.4 is 0 Å². The molecule has 2 aromatic carbocycles. The first-order chi connectivity index (χ1) is 15.3. The number of halogens is 3. The van der Waals surface area contributed by atoms with Crippen molar-refractivity contribution < 1.29 is 27.8 Å². The van der Waals surface area contributed by atoms with E-state index in [1.165, 1.54) is 7.11 Å². The molecular formula is C26H27F3O3. The zero-order valence-corrected chi connectivity index (χ0v) is 18.0. The molecular weight excluding hydrogens is 417 g/mol. The number of aliphatic hydroxyl groups is 1. The lowest BCUT2D eigenvalue weighted by molar-refractivity contribution is 0.122. The Balaban J connectivity index is 1.68. The molecule has 170 valence electrons. The molecule has 0 spiro atoms. The number of benzene rings is 2. The zero-order valence-electron chi connectivity index (χ0n) is 18.0. The Labute approximate surface area is 186 Å². The largest absolute Gasteiger partial charge is 0.497 e. The quantitative estimate of drug-likeness (QED) is 0.364. The van der Waals surface area contributed by atoms with Crippen molar-refractivity contribution >= 4 is 0 Å². The van der Waals surface area contributed by atoms with E-state index in [0.717, 1.165) is 6.08 Å². The Hall–Kier alpha value is -2.99. The molecule has 0 atom stereocenters. The predicted octanol–water partition coefficient (Wildman–Crippen LogP) is 6.69. The van der Waals surface area contributed by atoms with Crippen molar-refractivity contribution in [2.75, 3.05) is 7.11 Å². The molecule has 0 aromatic heterocycles. The van der Waals surface area contributed by atoms with Crippen molar-refractivity contribution in [2.45, 2.75) is 44.3 Å². The molecule has 0 radical (unpaired) electrons. The summed E-state index contributed by atoms with van der Waals surface area (Å²) in [6, 6.07) is 9.96. The molecule has 3 nitrogen and oxygen atoms in total. The van der Waals surface area contributed by atoms with Gasteiger partial charge in [-0.05, 0) is 48.3 Å². The summed E-state index contributed by atoms with van der Waals surface area (Å²) in [4.78, 5) is 0. The second-order valence-corrected chi connectivity index (χ2v) is 7.91. The van der Waals surface area contributed by atoms with Crippen molar-refractivity contribution in [1.82, 2.24) is 0 Å². The van der Waals surface area contributed by atoms with E-state index in [4.69, 9.17) is 9.47 Å². The van der Waals surface area contributed by atoms with Crippen LogP contribution in [0.3, 0.4) is 0 Å². The third kappa shape index (κ3) is 5.62. The summed E-state index contributed by atoms with van der Waals surface area (Å²) >= 11 is 0. The van der Waals surface area contributed by atoms with Gasteiger partial charge in [-0.1, -0.05) is 49.6 Å². The lowest BCUT2D eigenvalue weighted by Gasteiger charge is -2.26. The van der Waals surface area contributed by atoms with E-state index in [2.05, 4.69) is 13.2 Å². The van der Waals surface area contributed by atoms with Crippen LogP contribution in [0.25, 0.3) is 11.1 Å². The minimum atomic E-state index is -0.878. The van der Waals surface area contributed by atoms with Crippen LogP contribution in [0.1, 0.15) is 42.7 Å². The average Bonchev–Trinajstić information content (AvgIpc) is 2.80. The number of aliphatic hydroxyl groups excluding tert-OH is 1. The fourth-order valence-corrected chi connectivity index (χ4v) is 3.79. The first-order valence-corrected chi connectivity index (χ1v) is 10.5. The molecule has 0 unspecified atom stereocenters. The first kappa shape index (κ1) is 23.7. The van der Waals surface area contributed by atoms with Crippen LogP contribution in [0, 0.1) is 11.6 Å². The van der Waals surface area contributed by atoms with Gasteiger partial charge in [0, 0.05) is 11.6 Å². The number of hydrogen-bond donors (Lipinski definition) is 1. The molecule has 0 amide bonds. The maximum atomic E-state index is 14.8. The normalized spacial score (nSPS) is 18.8. The Morgan fingerprint density at radius 1 is 1.03 bits per heavy atom. The van der Waals surface area contributed by atoms with Crippen LogP contribution >= 0.6 is 0 Å². The molecule has 1 aliphatic carbocycles. The summed E-state index contributed by atoms with van der Waals surface area (Å²) in [5, 5.41) is 9.64. The second kappa shape index (κ2) is 10.6. The third-order valence-electron chi connectivity index (χ3n) is 5.74. The highest BCUT2D eigenvalue weighted by Crippen LogP contribution is 2.37. The van der Waals surface area contributed by atoms with Gasteiger partial charge < -0.3 is 14.6 Å². The monoisotopic (exact) mass is 444 g/mol. The van der Waals surface area contributed by atoms with Crippen LogP contribution in [-0.4, -0.2) is 18.3 Å². The average molecular weight is 444 g/mol. The maximum Gasteiger partial charge on any atom is 0.168 e. The van der Waals surface area contributed by atoms with Gasteiger partial charge in [0.05, 0.1) is 13.2 Å². The third-order valence-corrected chi connectivity index (χ3v) is 5.74. The van der Waals surface area contributed by atoms with Gasteiger partial charge in [-0.25, -0.2) is 13.2 Å². The molecule has 1 N–H and O–H groups in total. The van der Waals surface area contributed by atoms with Crippen LogP contribution in [0.5, 0.6) is 0 Å². The van der Waals surface area contributed by atoms with Gasteiger partial charge in [-0.2, -0.15) is 0 Å². The van der Waals surface area contributed by atoms with Gasteiger partial charge in [-0.3, -0.25) is 0 Å². The van der Waals surface area contributed by atoms with E-state index in [1.807, 2.05) is 0 Å². The molecule has 1 fully saturated rings. The van der Waals surface area contributed by atoms with Crippen molar-refractivity contribution in [2.24, 2.45) is 0 Å². The number of allylic oxidation sites excluding steroid dienone is 2.